The maximum atomic E-state index is 11.1. The summed E-state index contributed by atoms with van der Waals surface area (Å²) in [5.41, 5.74) is 1.58. The first kappa shape index (κ1) is 11.6. The van der Waals surface area contributed by atoms with Crippen molar-refractivity contribution in [3.05, 3.63) is 35.9 Å². The normalized spacial score (nSPS) is 10.5. The number of para-hydroxylation sites is 1. The first-order valence-electron chi connectivity index (χ1n) is 5.82. The second-order valence-electron chi connectivity index (χ2n) is 4.13. The molecule has 88 valence electrons. The Labute approximate surface area is 101 Å². The molecule has 0 saturated carbocycles. The first-order valence-corrected chi connectivity index (χ1v) is 5.82. The molecule has 0 fully saturated rings. The quantitative estimate of drug-likeness (QED) is 0.754. The second-order valence-corrected chi connectivity index (χ2v) is 4.13. The molecule has 0 aliphatic carbocycles. The van der Waals surface area contributed by atoms with Crippen LogP contribution in [-0.4, -0.2) is 24.9 Å². The number of hydrogen-bond acceptors (Lipinski definition) is 3. The maximum absolute atomic E-state index is 11.1. The minimum atomic E-state index is 0.652. The molecule has 0 atom stereocenters. The molecule has 3 heteroatoms. The van der Waals surface area contributed by atoms with E-state index < -0.39 is 0 Å². The second kappa shape index (κ2) is 4.95. The standard InChI is InChI=1S/C14H16N2O/c1-3-8-16(2)14-12(10-17)9-11-6-4-5-7-13(11)15-14/h4-7,9-10H,3,8H2,1-2H3. The molecule has 0 amide bonds. The molecule has 0 aliphatic heterocycles. The van der Waals surface area contributed by atoms with Crippen LogP contribution in [0.4, 0.5) is 5.82 Å². The molecule has 0 aliphatic rings. The van der Waals surface area contributed by atoms with Crippen LogP contribution in [-0.2, 0) is 0 Å². The molecular weight excluding hydrogens is 212 g/mol. The lowest BCUT2D eigenvalue weighted by Crippen LogP contribution is -2.20. The van der Waals surface area contributed by atoms with Gasteiger partial charge in [0, 0.05) is 19.0 Å². The third-order valence-electron chi connectivity index (χ3n) is 2.78. The lowest BCUT2D eigenvalue weighted by atomic mass is 10.1. The number of fused-ring (bicyclic) bond motifs is 1. The van der Waals surface area contributed by atoms with Gasteiger partial charge in [0.25, 0.3) is 0 Å². The van der Waals surface area contributed by atoms with E-state index in [-0.39, 0.29) is 0 Å². The third kappa shape index (κ3) is 2.28. The molecule has 1 heterocycles. The van der Waals surface area contributed by atoms with E-state index in [4.69, 9.17) is 0 Å². The zero-order valence-corrected chi connectivity index (χ0v) is 10.2. The van der Waals surface area contributed by atoms with Gasteiger partial charge in [0.15, 0.2) is 6.29 Å². The fourth-order valence-electron chi connectivity index (χ4n) is 1.96. The Hall–Kier alpha value is -1.90. The zero-order chi connectivity index (χ0) is 12.3. The van der Waals surface area contributed by atoms with E-state index >= 15 is 0 Å². The van der Waals surface area contributed by atoms with Gasteiger partial charge in [-0.25, -0.2) is 4.98 Å². The average molecular weight is 228 g/mol. The SMILES string of the molecule is CCCN(C)c1nc2ccccc2cc1C=O. The molecule has 1 aromatic carbocycles. The van der Waals surface area contributed by atoms with Crippen molar-refractivity contribution in [2.45, 2.75) is 13.3 Å². The average Bonchev–Trinajstić information content (AvgIpc) is 2.37. The Bertz CT molecular complexity index is 537. The number of aromatic nitrogens is 1. The van der Waals surface area contributed by atoms with E-state index in [0.717, 1.165) is 36.0 Å². The molecule has 0 unspecified atom stereocenters. The molecule has 0 spiro atoms. The van der Waals surface area contributed by atoms with Crippen LogP contribution in [0.3, 0.4) is 0 Å². The van der Waals surface area contributed by atoms with E-state index in [2.05, 4.69) is 11.9 Å². The number of hydrogen-bond donors (Lipinski definition) is 0. The number of carbonyl (C=O) groups is 1. The fraction of sp³-hybridized carbons (Fsp3) is 0.286. The summed E-state index contributed by atoms with van der Waals surface area (Å²) in [7, 11) is 1.97. The van der Waals surface area contributed by atoms with Crippen molar-refractivity contribution in [3.63, 3.8) is 0 Å². The lowest BCUT2D eigenvalue weighted by molar-refractivity contribution is 0.112. The minimum absolute atomic E-state index is 0.652. The van der Waals surface area contributed by atoms with Crippen molar-refractivity contribution in [3.8, 4) is 0 Å². The first-order chi connectivity index (χ1) is 8.26. The fourth-order valence-corrected chi connectivity index (χ4v) is 1.96. The van der Waals surface area contributed by atoms with Gasteiger partial charge < -0.3 is 4.90 Å². The highest BCUT2D eigenvalue weighted by Gasteiger charge is 2.09. The van der Waals surface area contributed by atoms with E-state index in [0.29, 0.717) is 5.56 Å². The van der Waals surface area contributed by atoms with Crippen LogP contribution in [0.5, 0.6) is 0 Å². The van der Waals surface area contributed by atoms with Gasteiger partial charge in [-0.2, -0.15) is 0 Å². The van der Waals surface area contributed by atoms with Crippen LogP contribution < -0.4 is 4.90 Å². The van der Waals surface area contributed by atoms with Gasteiger partial charge in [0.05, 0.1) is 11.1 Å². The monoisotopic (exact) mass is 228 g/mol. The lowest BCUT2D eigenvalue weighted by Gasteiger charge is -2.19. The molecule has 0 radical (unpaired) electrons. The Morgan fingerprint density at radius 3 is 2.82 bits per heavy atom. The van der Waals surface area contributed by atoms with E-state index in [9.17, 15) is 4.79 Å². The van der Waals surface area contributed by atoms with Crippen molar-refractivity contribution in [2.75, 3.05) is 18.5 Å². The molecule has 2 rings (SSSR count). The van der Waals surface area contributed by atoms with E-state index in [1.54, 1.807) is 0 Å². The molecule has 0 N–H and O–H groups in total. The summed E-state index contributed by atoms with van der Waals surface area (Å²) in [5.74, 6) is 0.764. The summed E-state index contributed by atoms with van der Waals surface area (Å²) in [6.07, 6.45) is 1.91. The van der Waals surface area contributed by atoms with Crippen LogP contribution in [0, 0.1) is 0 Å². The third-order valence-corrected chi connectivity index (χ3v) is 2.78. The number of pyridine rings is 1. The van der Waals surface area contributed by atoms with Crippen molar-refractivity contribution < 1.29 is 4.79 Å². The van der Waals surface area contributed by atoms with E-state index in [1.165, 1.54) is 0 Å². The van der Waals surface area contributed by atoms with Crippen LogP contribution in [0.2, 0.25) is 0 Å². The topological polar surface area (TPSA) is 33.2 Å². The van der Waals surface area contributed by atoms with Gasteiger partial charge in [0.2, 0.25) is 0 Å². The minimum Gasteiger partial charge on any atom is -0.359 e. The Morgan fingerprint density at radius 1 is 1.35 bits per heavy atom. The number of nitrogens with zero attached hydrogens (tertiary/aromatic N) is 2. The molecule has 3 nitrogen and oxygen atoms in total. The summed E-state index contributed by atoms with van der Waals surface area (Å²) in [6.45, 7) is 3.00. The molecule has 17 heavy (non-hydrogen) atoms. The molecule has 0 saturated heterocycles. The Morgan fingerprint density at radius 2 is 2.12 bits per heavy atom. The summed E-state index contributed by atoms with van der Waals surface area (Å²) < 4.78 is 0. The van der Waals surface area contributed by atoms with Crippen molar-refractivity contribution in [1.29, 1.82) is 0 Å². The zero-order valence-electron chi connectivity index (χ0n) is 10.2. The highest BCUT2D eigenvalue weighted by Crippen LogP contribution is 2.21. The molecule has 2 aromatic rings. The maximum Gasteiger partial charge on any atom is 0.153 e. The molecular formula is C14H16N2O. The van der Waals surface area contributed by atoms with Crippen molar-refractivity contribution >= 4 is 23.0 Å². The van der Waals surface area contributed by atoms with Crippen molar-refractivity contribution in [2.24, 2.45) is 0 Å². The number of rotatable bonds is 4. The summed E-state index contributed by atoms with van der Waals surface area (Å²) in [5, 5.41) is 1.00. The van der Waals surface area contributed by atoms with Crippen LogP contribution in [0.25, 0.3) is 10.9 Å². The van der Waals surface area contributed by atoms with Gasteiger partial charge in [-0.3, -0.25) is 4.79 Å². The smallest absolute Gasteiger partial charge is 0.153 e. The predicted octanol–water partition coefficient (Wildman–Crippen LogP) is 2.89. The van der Waals surface area contributed by atoms with Crippen LogP contribution in [0.15, 0.2) is 30.3 Å². The number of anilines is 1. The molecule has 1 aromatic heterocycles. The van der Waals surface area contributed by atoms with E-state index in [1.807, 2.05) is 42.3 Å². The number of aldehydes is 1. The number of benzene rings is 1. The largest absolute Gasteiger partial charge is 0.359 e. The van der Waals surface area contributed by atoms with Gasteiger partial charge in [-0.15, -0.1) is 0 Å². The van der Waals surface area contributed by atoms with Gasteiger partial charge in [0.1, 0.15) is 5.82 Å². The van der Waals surface area contributed by atoms with Gasteiger partial charge in [-0.05, 0) is 18.6 Å². The Kier molecular flexibility index (Phi) is 3.38. The number of carbonyl (C=O) groups excluding carboxylic acids is 1. The summed E-state index contributed by atoms with van der Waals surface area (Å²) in [4.78, 5) is 17.7. The van der Waals surface area contributed by atoms with Gasteiger partial charge in [-0.1, -0.05) is 25.1 Å². The van der Waals surface area contributed by atoms with Crippen LogP contribution >= 0.6 is 0 Å². The predicted molar refractivity (Wildman–Crippen MR) is 70.7 cm³/mol. The van der Waals surface area contributed by atoms with Crippen molar-refractivity contribution in [1.82, 2.24) is 4.98 Å². The summed E-state index contributed by atoms with van der Waals surface area (Å²) >= 11 is 0. The highest BCUT2D eigenvalue weighted by molar-refractivity contribution is 5.91. The summed E-state index contributed by atoms with van der Waals surface area (Å²) in [6, 6.07) is 9.75. The van der Waals surface area contributed by atoms with Crippen LogP contribution in [0.1, 0.15) is 23.7 Å². The van der Waals surface area contributed by atoms with Gasteiger partial charge >= 0.3 is 0 Å². The molecule has 0 bridgehead atoms. The Balaban J connectivity index is 2.56. The highest BCUT2D eigenvalue weighted by atomic mass is 16.1.